The van der Waals surface area contributed by atoms with Gasteiger partial charge in [-0.15, -0.1) is 0 Å². The molecule has 3 heterocycles. The van der Waals surface area contributed by atoms with E-state index < -0.39 is 0 Å². The maximum absolute atomic E-state index is 12.5. The number of furan rings is 1. The van der Waals surface area contributed by atoms with Crippen LogP contribution in [-0.2, 0) is 6.61 Å². The van der Waals surface area contributed by atoms with Crippen molar-refractivity contribution in [3.8, 4) is 5.75 Å². The fourth-order valence-corrected chi connectivity index (χ4v) is 3.46. The Morgan fingerprint density at radius 3 is 2.59 bits per heavy atom. The van der Waals surface area contributed by atoms with E-state index in [0.29, 0.717) is 11.5 Å². The molecule has 8 heteroatoms. The first-order valence-corrected chi connectivity index (χ1v) is 10.3. The normalized spacial score (nSPS) is 14.6. The number of anilines is 1. The van der Waals surface area contributed by atoms with Crippen molar-refractivity contribution in [1.82, 2.24) is 15.3 Å². The number of rotatable bonds is 6. The summed E-state index contributed by atoms with van der Waals surface area (Å²) in [6, 6.07) is 12.9. The first kappa shape index (κ1) is 19.4. The number of hydrogen-bond donors (Lipinski definition) is 1. The van der Waals surface area contributed by atoms with Crippen molar-refractivity contribution in [2.24, 2.45) is 0 Å². The van der Waals surface area contributed by atoms with Crippen LogP contribution in [0.5, 0.6) is 5.75 Å². The highest BCUT2D eigenvalue weighted by Gasteiger charge is 2.23. The molecule has 29 heavy (non-hydrogen) atoms. The van der Waals surface area contributed by atoms with E-state index in [2.05, 4.69) is 36.1 Å². The second-order valence-corrected chi connectivity index (χ2v) is 7.71. The van der Waals surface area contributed by atoms with Gasteiger partial charge in [-0.05, 0) is 55.3 Å². The van der Waals surface area contributed by atoms with Crippen LogP contribution in [0.15, 0.2) is 63.7 Å². The number of amides is 1. The molecule has 1 aromatic carbocycles. The fraction of sp³-hybridized carbons (Fsp3) is 0.286. The highest BCUT2D eigenvalue weighted by Crippen LogP contribution is 2.19. The van der Waals surface area contributed by atoms with Crippen molar-refractivity contribution in [1.29, 1.82) is 0 Å². The van der Waals surface area contributed by atoms with Gasteiger partial charge in [-0.2, -0.15) is 0 Å². The van der Waals surface area contributed by atoms with E-state index in [0.717, 1.165) is 42.1 Å². The molecule has 2 aromatic heterocycles. The maximum Gasteiger partial charge on any atom is 0.287 e. The summed E-state index contributed by atoms with van der Waals surface area (Å²) in [7, 11) is 0. The topological polar surface area (TPSA) is 80.5 Å². The maximum atomic E-state index is 12.5. The van der Waals surface area contributed by atoms with Crippen LogP contribution in [0.4, 0.5) is 5.95 Å². The number of benzene rings is 1. The Labute approximate surface area is 177 Å². The average molecular weight is 457 g/mol. The van der Waals surface area contributed by atoms with Crippen molar-refractivity contribution >= 4 is 27.8 Å². The van der Waals surface area contributed by atoms with E-state index in [1.165, 1.54) is 0 Å². The van der Waals surface area contributed by atoms with E-state index >= 15 is 0 Å². The van der Waals surface area contributed by atoms with Gasteiger partial charge in [-0.3, -0.25) is 4.79 Å². The number of carbonyl (C=O) groups excluding carboxylic acids is 1. The number of carbonyl (C=O) groups is 1. The Hall–Kier alpha value is -2.87. The number of hydrogen-bond acceptors (Lipinski definition) is 6. The van der Waals surface area contributed by atoms with Crippen LogP contribution in [0.25, 0.3) is 0 Å². The van der Waals surface area contributed by atoms with Gasteiger partial charge < -0.3 is 19.4 Å². The minimum Gasteiger partial charge on any atom is -0.486 e. The van der Waals surface area contributed by atoms with Crippen molar-refractivity contribution in [2.75, 3.05) is 18.0 Å². The largest absolute Gasteiger partial charge is 0.486 e. The molecule has 0 unspecified atom stereocenters. The molecule has 0 bridgehead atoms. The minimum atomic E-state index is -0.200. The number of halogens is 1. The Morgan fingerprint density at radius 1 is 1.14 bits per heavy atom. The number of nitrogens with one attached hydrogen (secondary N) is 1. The van der Waals surface area contributed by atoms with Gasteiger partial charge in [0.1, 0.15) is 18.1 Å². The number of piperidine rings is 1. The highest BCUT2D eigenvalue weighted by molar-refractivity contribution is 9.10. The quantitative estimate of drug-likeness (QED) is 0.607. The Balaban J connectivity index is 1.26. The molecule has 0 atom stereocenters. The zero-order valence-corrected chi connectivity index (χ0v) is 17.3. The van der Waals surface area contributed by atoms with Gasteiger partial charge in [0.25, 0.3) is 5.91 Å². The molecular weight excluding hydrogens is 436 g/mol. The molecule has 0 saturated carbocycles. The van der Waals surface area contributed by atoms with Crippen molar-refractivity contribution in [2.45, 2.75) is 25.5 Å². The molecule has 1 N–H and O–H groups in total. The second-order valence-electron chi connectivity index (χ2n) is 6.79. The summed E-state index contributed by atoms with van der Waals surface area (Å²) in [6.07, 6.45) is 5.16. The van der Waals surface area contributed by atoms with Gasteiger partial charge in [0.15, 0.2) is 5.76 Å². The third-order valence-electron chi connectivity index (χ3n) is 4.75. The van der Waals surface area contributed by atoms with Crippen LogP contribution in [0.3, 0.4) is 0 Å². The molecule has 7 nitrogen and oxygen atoms in total. The number of ether oxygens (including phenoxy) is 1. The molecule has 1 aliphatic heterocycles. The average Bonchev–Trinajstić information content (AvgIpc) is 3.24. The smallest absolute Gasteiger partial charge is 0.287 e. The van der Waals surface area contributed by atoms with Crippen molar-refractivity contribution < 1.29 is 13.9 Å². The number of aromatic nitrogens is 2. The molecule has 150 valence electrons. The van der Waals surface area contributed by atoms with Gasteiger partial charge in [0.2, 0.25) is 5.95 Å². The standard InChI is InChI=1S/C21H21BrN4O3/c22-15-2-4-17(5-3-15)28-14-18-6-7-19(29-18)20(27)25-16-8-12-26(13-9-16)21-23-10-1-11-24-21/h1-7,10-11,16H,8-9,12-14H2,(H,25,27). The van der Waals surface area contributed by atoms with Gasteiger partial charge in [-0.1, -0.05) is 15.9 Å². The van der Waals surface area contributed by atoms with Crippen molar-refractivity contribution in [3.63, 3.8) is 0 Å². The molecule has 0 spiro atoms. The first-order valence-electron chi connectivity index (χ1n) is 9.47. The highest BCUT2D eigenvalue weighted by atomic mass is 79.9. The third-order valence-corrected chi connectivity index (χ3v) is 5.27. The monoisotopic (exact) mass is 456 g/mol. The SMILES string of the molecule is O=C(NC1CCN(c2ncccn2)CC1)c1ccc(COc2ccc(Br)cc2)o1. The lowest BCUT2D eigenvalue weighted by Gasteiger charge is -2.32. The van der Waals surface area contributed by atoms with Crippen LogP contribution in [-0.4, -0.2) is 35.0 Å². The Bertz CT molecular complexity index is 938. The van der Waals surface area contributed by atoms with E-state index in [4.69, 9.17) is 9.15 Å². The molecule has 1 amide bonds. The van der Waals surface area contributed by atoms with E-state index in [9.17, 15) is 4.79 Å². The predicted octanol–water partition coefficient (Wildman–Crippen LogP) is 3.81. The zero-order chi connectivity index (χ0) is 20.1. The van der Waals surface area contributed by atoms with Crippen LogP contribution in [0.2, 0.25) is 0 Å². The second kappa shape index (κ2) is 9.09. The summed E-state index contributed by atoms with van der Waals surface area (Å²) in [5, 5.41) is 3.05. The summed E-state index contributed by atoms with van der Waals surface area (Å²) in [4.78, 5) is 23.2. The van der Waals surface area contributed by atoms with Crippen molar-refractivity contribution in [3.05, 3.63) is 70.9 Å². The van der Waals surface area contributed by atoms with Gasteiger partial charge in [-0.25, -0.2) is 9.97 Å². The van der Waals surface area contributed by atoms with Crippen LogP contribution in [0, 0.1) is 0 Å². The van der Waals surface area contributed by atoms with Gasteiger partial charge in [0, 0.05) is 36.0 Å². The lowest BCUT2D eigenvalue weighted by Crippen LogP contribution is -2.45. The van der Waals surface area contributed by atoms with Crippen LogP contribution < -0.4 is 15.0 Å². The van der Waals surface area contributed by atoms with E-state index in [-0.39, 0.29) is 18.6 Å². The Kier molecular flexibility index (Phi) is 6.09. The molecule has 3 aromatic rings. The predicted molar refractivity (Wildman–Crippen MR) is 112 cm³/mol. The minimum absolute atomic E-state index is 0.107. The lowest BCUT2D eigenvalue weighted by atomic mass is 10.1. The summed E-state index contributed by atoms with van der Waals surface area (Å²) >= 11 is 3.39. The summed E-state index contributed by atoms with van der Waals surface area (Å²) in [5.41, 5.74) is 0. The van der Waals surface area contributed by atoms with E-state index in [1.54, 1.807) is 30.6 Å². The molecule has 0 aliphatic carbocycles. The summed E-state index contributed by atoms with van der Waals surface area (Å²) in [5.74, 6) is 2.18. The zero-order valence-electron chi connectivity index (χ0n) is 15.8. The molecular formula is C21H21BrN4O3. The third kappa shape index (κ3) is 5.14. The molecule has 1 aliphatic rings. The molecule has 1 fully saturated rings. The molecule has 0 radical (unpaired) electrons. The van der Waals surface area contributed by atoms with Crippen LogP contribution in [0.1, 0.15) is 29.2 Å². The molecule has 1 saturated heterocycles. The van der Waals surface area contributed by atoms with Gasteiger partial charge in [0.05, 0.1) is 0 Å². The summed E-state index contributed by atoms with van der Waals surface area (Å²) < 4.78 is 12.3. The fourth-order valence-electron chi connectivity index (χ4n) is 3.20. The lowest BCUT2D eigenvalue weighted by molar-refractivity contribution is 0.0899. The molecule has 4 rings (SSSR count). The van der Waals surface area contributed by atoms with Gasteiger partial charge >= 0.3 is 0 Å². The first-order chi connectivity index (χ1) is 14.2. The van der Waals surface area contributed by atoms with Crippen LogP contribution >= 0.6 is 15.9 Å². The van der Waals surface area contributed by atoms with E-state index in [1.807, 2.05) is 24.3 Å². The summed E-state index contributed by atoms with van der Waals surface area (Å²) in [6.45, 7) is 1.88. The Morgan fingerprint density at radius 2 is 1.86 bits per heavy atom. The number of nitrogens with zero attached hydrogens (tertiary/aromatic N) is 3.